The van der Waals surface area contributed by atoms with Gasteiger partial charge in [0.05, 0.1) is 24.7 Å². The normalized spacial score (nSPS) is 16.4. The van der Waals surface area contributed by atoms with E-state index in [1.165, 1.54) is 6.42 Å². The second kappa shape index (κ2) is 11.5. The van der Waals surface area contributed by atoms with Crippen LogP contribution in [0.4, 0.5) is 0 Å². The predicted molar refractivity (Wildman–Crippen MR) is 109 cm³/mol. The molecular weight excluding hydrogens is 344 g/mol. The van der Waals surface area contributed by atoms with Crippen LogP contribution in [-0.2, 0) is 10.2 Å². The van der Waals surface area contributed by atoms with E-state index in [1.807, 2.05) is 12.1 Å². The number of hydrogen-bond donors (Lipinski definition) is 1. The Morgan fingerprint density at radius 2 is 1.81 bits per heavy atom. The van der Waals surface area contributed by atoms with Gasteiger partial charge in [0.2, 0.25) is 0 Å². The van der Waals surface area contributed by atoms with Crippen molar-refractivity contribution in [3.63, 3.8) is 0 Å². The molecule has 0 spiro atoms. The van der Waals surface area contributed by atoms with Crippen LogP contribution >= 0.6 is 12.6 Å². The Labute approximate surface area is 163 Å². The average Bonchev–Trinajstić information content (AvgIpc) is 2.70. The van der Waals surface area contributed by atoms with Gasteiger partial charge in [0.25, 0.3) is 0 Å². The molecule has 0 aliphatic heterocycles. The monoisotopic (exact) mass is 376 g/mol. The Kier molecular flexibility index (Phi) is 9.31. The molecule has 0 amide bonds. The first-order chi connectivity index (χ1) is 12.7. The van der Waals surface area contributed by atoms with Crippen LogP contribution < -0.4 is 4.74 Å². The first kappa shape index (κ1) is 21.1. The molecule has 1 aromatic rings. The maximum Gasteiger partial charge on any atom is 0.119 e. The number of methoxy groups -OCH3 is 1. The summed E-state index contributed by atoms with van der Waals surface area (Å²) < 4.78 is 11.0. The zero-order valence-corrected chi connectivity index (χ0v) is 16.8. The lowest BCUT2D eigenvalue weighted by atomic mass is 9.70. The molecule has 26 heavy (non-hydrogen) atoms. The number of nitrogens with zero attached hydrogens (tertiary/aromatic N) is 2. The van der Waals surface area contributed by atoms with E-state index in [-0.39, 0.29) is 5.41 Å². The van der Waals surface area contributed by atoms with Crippen molar-refractivity contribution in [2.45, 2.75) is 43.9 Å². The zero-order valence-electron chi connectivity index (χ0n) is 16.0. The summed E-state index contributed by atoms with van der Waals surface area (Å²) in [6.07, 6.45) is 6.48. The number of ether oxygens (including phenoxy) is 2. The van der Waals surface area contributed by atoms with Crippen molar-refractivity contribution in [3.8, 4) is 11.8 Å². The Morgan fingerprint density at radius 3 is 2.42 bits per heavy atom. The SMILES string of the molecule is COCCN(CCS)CCCOc1ccc(C2(C#N)CCCCC2)cc1. The number of hydrogen-bond acceptors (Lipinski definition) is 5. The van der Waals surface area contributed by atoms with E-state index in [0.29, 0.717) is 6.61 Å². The van der Waals surface area contributed by atoms with Gasteiger partial charge in [-0.1, -0.05) is 31.4 Å². The van der Waals surface area contributed by atoms with E-state index in [9.17, 15) is 5.26 Å². The van der Waals surface area contributed by atoms with Crippen molar-refractivity contribution in [1.82, 2.24) is 4.90 Å². The van der Waals surface area contributed by atoms with Gasteiger partial charge in [-0.25, -0.2) is 0 Å². The third-order valence-electron chi connectivity index (χ3n) is 5.24. The Bertz CT molecular complexity index is 550. The summed E-state index contributed by atoms with van der Waals surface area (Å²) >= 11 is 4.32. The van der Waals surface area contributed by atoms with Crippen LogP contribution in [0.3, 0.4) is 0 Å². The minimum Gasteiger partial charge on any atom is -0.494 e. The molecule has 2 rings (SSSR count). The largest absolute Gasteiger partial charge is 0.494 e. The van der Waals surface area contributed by atoms with Gasteiger partial charge in [-0.05, 0) is 37.0 Å². The quantitative estimate of drug-likeness (QED) is 0.467. The lowest BCUT2D eigenvalue weighted by Crippen LogP contribution is -2.31. The van der Waals surface area contributed by atoms with Crippen molar-refractivity contribution >= 4 is 12.6 Å². The fourth-order valence-electron chi connectivity index (χ4n) is 3.67. The molecule has 0 heterocycles. The predicted octanol–water partition coefficient (Wildman–Crippen LogP) is 4.06. The standard InChI is InChI=1S/C21H32N2O2S/c1-24-16-13-23(14-17-26)12-5-15-25-20-8-6-19(7-9-20)21(18-22)10-3-2-4-11-21/h6-9,26H,2-5,10-17H2,1H3. The van der Waals surface area contributed by atoms with Crippen molar-refractivity contribution < 1.29 is 9.47 Å². The highest BCUT2D eigenvalue weighted by atomic mass is 32.1. The van der Waals surface area contributed by atoms with Crippen molar-refractivity contribution in [3.05, 3.63) is 29.8 Å². The van der Waals surface area contributed by atoms with Gasteiger partial charge in [-0.15, -0.1) is 0 Å². The fourth-order valence-corrected chi connectivity index (χ4v) is 3.95. The topological polar surface area (TPSA) is 45.5 Å². The number of thiol groups is 1. The van der Waals surface area contributed by atoms with Crippen LogP contribution in [0.1, 0.15) is 44.1 Å². The summed E-state index contributed by atoms with van der Waals surface area (Å²) in [6.45, 7) is 4.33. The van der Waals surface area contributed by atoms with E-state index in [0.717, 1.165) is 75.4 Å². The Hall–Kier alpha value is -1.22. The van der Waals surface area contributed by atoms with Crippen LogP contribution in [-0.4, -0.2) is 50.6 Å². The van der Waals surface area contributed by atoms with E-state index >= 15 is 0 Å². The molecule has 0 saturated heterocycles. The molecule has 1 saturated carbocycles. The molecule has 1 aliphatic rings. The van der Waals surface area contributed by atoms with Crippen LogP contribution in [0.15, 0.2) is 24.3 Å². The first-order valence-corrected chi connectivity index (χ1v) is 10.3. The van der Waals surface area contributed by atoms with E-state index in [4.69, 9.17) is 9.47 Å². The molecule has 1 aromatic carbocycles. The lowest BCUT2D eigenvalue weighted by molar-refractivity contribution is 0.146. The Morgan fingerprint density at radius 1 is 1.08 bits per heavy atom. The molecule has 0 bridgehead atoms. The van der Waals surface area contributed by atoms with E-state index in [2.05, 4.69) is 35.7 Å². The van der Waals surface area contributed by atoms with Gasteiger partial charge >= 0.3 is 0 Å². The highest BCUT2D eigenvalue weighted by Gasteiger charge is 2.33. The minimum atomic E-state index is -0.286. The number of nitriles is 1. The molecule has 0 N–H and O–H groups in total. The fraction of sp³-hybridized carbons (Fsp3) is 0.667. The second-order valence-electron chi connectivity index (χ2n) is 7.04. The second-order valence-corrected chi connectivity index (χ2v) is 7.49. The summed E-state index contributed by atoms with van der Waals surface area (Å²) in [5.41, 5.74) is 0.859. The molecule has 4 nitrogen and oxygen atoms in total. The molecule has 1 aliphatic carbocycles. The molecule has 1 fully saturated rings. The zero-order chi connectivity index (χ0) is 18.7. The maximum absolute atomic E-state index is 9.69. The molecule has 0 atom stereocenters. The van der Waals surface area contributed by atoms with Gasteiger partial charge < -0.3 is 14.4 Å². The van der Waals surface area contributed by atoms with Gasteiger partial charge in [-0.2, -0.15) is 17.9 Å². The van der Waals surface area contributed by atoms with Crippen molar-refractivity contribution in [2.75, 3.05) is 45.7 Å². The molecule has 0 radical (unpaired) electrons. The number of rotatable bonds is 11. The first-order valence-electron chi connectivity index (χ1n) is 9.71. The molecule has 5 heteroatoms. The van der Waals surface area contributed by atoms with Gasteiger partial charge in [0.15, 0.2) is 0 Å². The molecule has 144 valence electrons. The summed E-state index contributed by atoms with van der Waals surface area (Å²) in [7, 11) is 1.73. The van der Waals surface area contributed by atoms with Crippen molar-refractivity contribution in [1.29, 1.82) is 5.26 Å². The molecule has 0 unspecified atom stereocenters. The molecular formula is C21H32N2O2S. The third-order valence-corrected chi connectivity index (χ3v) is 5.44. The Balaban J connectivity index is 1.79. The lowest BCUT2D eigenvalue weighted by Gasteiger charge is -2.31. The summed E-state index contributed by atoms with van der Waals surface area (Å²) in [6, 6.07) is 10.8. The third kappa shape index (κ3) is 6.19. The van der Waals surface area contributed by atoms with Gasteiger partial charge in [0.1, 0.15) is 5.75 Å². The van der Waals surface area contributed by atoms with Crippen LogP contribution in [0, 0.1) is 11.3 Å². The smallest absolute Gasteiger partial charge is 0.119 e. The van der Waals surface area contributed by atoms with Crippen LogP contribution in [0.2, 0.25) is 0 Å². The van der Waals surface area contributed by atoms with Gasteiger partial charge in [0, 0.05) is 32.5 Å². The summed E-state index contributed by atoms with van der Waals surface area (Å²) in [4.78, 5) is 2.35. The van der Waals surface area contributed by atoms with Crippen molar-refractivity contribution in [2.24, 2.45) is 0 Å². The average molecular weight is 377 g/mol. The maximum atomic E-state index is 9.69. The van der Waals surface area contributed by atoms with Crippen LogP contribution in [0.25, 0.3) is 0 Å². The van der Waals surface area contributed by atoms with Crippen LogP contribution in [0.5, 0.6) is 5.75 Å². The van der Waals surface area contributed by atoms with E-state index < -0.39 is 0 Å². The summed E-state index contributed by atoms with van der Waals surface area (Å²) in [5.74, 6) is 1.74. The minimum absolute atomic E-state index is 0.286. The molecule has 0 aromatic heterocycles. The van der Waals surface area contributed by atoms with E-state index in [1.54, 1.807) is 7.11 Å². The summed E-state index contributed by atoms with van der Waals surface area (Å²) in [5, 5.41) is 9.69. The highest BCUT2D eigenvalue weighted by Crippen LogP contribution is 2.39. The number of benzene rings is 1. The van der Waals surface area contributed by atoms with Gasteiger partial charge in [-0.3, -0.25) is 0 Å². The highest BCUT2D eigenvalue weighted by molar-refractivity contribution is 7.80.